The molecule has 0 fully saturated rings. The highest BCUT2D eigenvalue weighted by atomic mass is 35.5. The molecule has 0 aliphatic rings. The quantitative estimate of drug-likeness (QED) is 0.391. The Bertz CT molecular complexity index is 1490. The molecule has 0 spiro atoms. The molecule has 0 saturated heterocycles. The summed E-state index contributed by atoms with van der Waals surface area (Å²) in [4.78, 5) is 19.4. The summed E-state index contributed by atoms with van der Waals surface area (Å²) in [6.07, 6.45) is 2.57. The summed E-state index contributed by atoms with van der Waals surface area (Å²) in [5.74, 6) is -1.71. The zero-order valence-electron chi connectivity index (χ0n) is 17.1. The van der Waals surface area contributed by atoms with Crippen LogP contribution in [-0.2, 0) is 14.8 Å². The molecule has 0 aliphatic heterocycles. The van der Waals surface area contributed by atoms with E-state index in [0.29, 0.717) is 10.9 Å². The van der Waals surface area contributed by atoms with Crippen LogP contribution in [0.15, 0.2) is 47.6 Å². The normalized spacial score (nSPS) is 11.4. The monoisotopic (exact) mass is 491 g/mol. The fraction of sp³-hybridized carbons (Fsp3) is 0.100. The Morgan fingerprint density at radius 3 is 2.70 bits per heavy atom. The van der Waals surface area contributed by atoms with E-state index in [0.717, 1.165) is 6.07 Å². The molecule has 1 aromatic carbocycles. The van der Waals surface area contributed by atoms with Gasteiger partial charge in [-0.2, -0.15) is 5.10 Å². The standard InChI is InChI=1S/C20H15ClFN5O5S/c1-31-19-16(6-10(21)8-24-19)33(29,30)27-13-5-3-4-11(17(13)22)14-7-15-12(9-23-14)18(26-25-15)20(28)32-2/h3-9,27H,1-2H3,(H,25,26). The number of carbonyl (C=O) groups excluding carboxylic acids is 1. The van der Waals surface area contributed by atoms with Crippen molar-refractivity contribution in [3.05, 3.63) is 59.3 Å². The number of H-pyrrole nitrogens is 1. The summed E-state index contributed by atoms with van der Waals surface area (Å²) in [6, 6.07) is 6.77. The van der Waals surface area contributed by atoms with Crippen LogP contribution >= 0.6 is 11.6 Å². The number of hydrogen-bond donors (Lipinski definition) is 2. The zero-order chi connectivity index (χ0) is 23.8. The molecule has 4 rings (SSSR count). The van der Waals surface area contributed by atoms with E-state index in [1.165, 1.54) is 50.9 Å². The first kappa shape index (κ1) is 22.4. The number of fused-ring (bicyclic) bond motifs is 1. The van der Waals surface area contributed by atoms with E-state index in [-0.39, 0.29) is 38.4 Å². The number of anilines is 1. The lowest BCUT2D eigenvalue weighted by Gasteiger charge is -2.13. The first-order valence-electron chi connectivity index (χ1n) is 9.19. The lowest BCUT2D eigenvalue weighted by atomic mass is 10.1. The molecular weight excluding hydrogens is 477 g/mol. The summed E-state index contributed by atoms with van der Waals surface area (Å²) in [5, 5.41) is 7.02. The van der Waals surface area contributed by atoms with Gasteiger partial charge in [0.25, 0.3) is 10.0 Å². The van der Waals surface area contributed by atoms with Crippen LogP contribution in [0.2, 0.25) is 5.02 Å². The largest absolute Gasteiger partial charge is 0.480 e. The fourth-order valence-corrected chi connectivity index (χ4v) is 4.50. The van der Waals surface area contributed by atoms with Gasteiger partial charge in [-0.1, -0.05) is 17.7 Å². The predicted octanol–water partition coefficient (Wildman–Crippen LogP) is 3.41. The molecule has 3 aromatic heterocycles. The molecule has 170 valence electrons. The third-order valence-corrected chi connectivity index (χ3v) is 6.18. The van der Waals surface area contributed by atoms with Crippen LogP contribution < -0.4 is 9.46 Å². The van der Waals surface area contributed by atoms with Gasteiger partial charge in [0.05, 0.1) is 41.5 Å². The molecule has 10 nitrogen and oxygen atoms in total. The Kier molecular flexibility index (Phi) is 5.87. The smallest absolute Gasteiger partial charge is 0.359 e. The average Bonchev–Trinajstić information content (AvgIpc) is 3.23. The maximum absolute atomic E-state index is 15.3. The summed E-state index contributed by atoms with van der Waals surface area (Å²) < 4.78 is 52.9. The van der Waals surface area contributed by atoms with Crippen LogP contribution in [0, 0.1) is 5.82 Å². The molecular formula is C20H15ClFN5O5S. The van der Waals surface area contributed by atoms with Crippen molar-refractivity contribution in [3.8, 4) is 17.1 Å². The topological polar surface area (TPSA) is 136 Å². The number of methoxy groups -OCH3 is 2. The summed E-state index contributed by atoms with van der Waals surface area (Å²) in [5.41, 5.74) is 0.333. The molecule has 4 aromatic rings. The van der Waals surface area contributed by atoms with Crippen LogP contribution in [0.3, 0.4) is 0 Å². The maximum Gasteiger partial charge on any atom is 0.359 e. The molecule has 0 atom stereocenters. The number of halogens is 2. The Labute approximate surface area is 191 Å². The molecule has 0 saturated carbocycles. The molecule has 0 bridgehead atoms. The van der Waals surface area contributed by atoms with Crippen LogP contribution in [0.25, 0.3) is 22.2 Å². The number of rotatable bonds is 6. The molecule has 3 heterocycles. The Morgan fingerprint density at radius 2 is 1.97 bits per heavy atom. The molecule has 0 amide bonds. The van der Waals surface area contributed by atoms with E-state index in [2.05, 4.69) is 29.6 Å². The molecule has 0 radical (unpaired) electrons. The number of sulfonamides is 1. The fourth-order valence-electron chi connectivity index (χ4n) is 3.07. The number of ether oxygens (including phenoxy) is 2. The third kappa shape index (κ3) is 4.17. The van der Waals surface area contributed by atoms with Crippen molar-refractivity contribution < 1.29 is 27.1 Å². The first-order chi connectivity index (χ1) is 15.7. The maximum atomic E-state index is 15.3. The molecule has 0 unspecified atom stereocenters. The van der Waals surface area contributed by atoms with Gasteiger partial charge < -0.3 is 9.47 Å². The highest BCUT2D eigenvalue weighted by molar-refractivity contribution is 7.92. The minimum Gasteiger partial charge on any atom is -0.480 e. The van der Waals surface area contributed by atoms with Crippen LogP contribution in [0.1, 0.15) is 10.5 Å². The SMILES string of the molecule is COC(=O)c1n[nH]c2cc(-c3cccc(NS(=O)(=O)c4cc(Cl)cnc4OC)c3F)ncc12. The van der Waals surface area contributed by atoms with Gasteiger partial charge in [0.15, 0.2) is 16.4 Å². The van der Waals surface area contributed by atoms with Gasteiger partial charge in [0.2, 0.25) is 5.88 Å². The van der Waals surface area contributed by atoms with Gasteiger partial charge in [-0.3, -0.25) is 14.8 Å². The molecule has 33 heavy (non-hydrogen) atoms. The first-order valence-corrected chi connectivity index (χ1v) is 11.0. The second kappa shape index (κ2) is 8.64. The molecule has 0 aliphatic carbocycles. The van der Waals surface area contributed by atoms with E-state index in [4.69, 9.17) is 16.3 Å². The van der Waals surface area contributed by atoms with Gasteiger partial charge in [0.1, 0.15) is 0 Å². The molecule has 13 heteroatoms. The Hall–Kier alpha value is -3.77. The average molecular weight is 492 g/mol. The highest BCUT2D eigenvalue weighted by Crippen LogP contribution is 2.31. The second-order valence-corrected chi connectivity index (χ2v) is 8.70. The lowest BCUT2D eigenvalue weighted by molar-refractivity contribution is 0.0596. The van der Waals surface area contributed by atoms with Crippen molar-refractivity contribution in [2.75, 3.05) is 18.9 Å². The summed E-state index contributed by atoms with van der Waals surface area (Å²) >= 11 is 5.87. The van der Waals surface area contributed by atoms with Gasteiger partial charge in [-0.15, -0.1) is 0 Å². The van der Waals surface area contributed by atoms with Gasteiger partial charge in [-0.05, 0) is 24.3 Å². The number of nitrogens with zero attached hydrogens (tertiary/aromatic N) is 3. The van der Waals surface area contributed by atoms with E-state index >= 15 is 4.39 Å². The zero-order valence-corrected chi connectivity index (χ0v) is 18.7. The minimum absolute atomic E-state index is 0.0162. The van der Waals surface area contributed by atoms with Crippen molar-refractivity contribution >= 4 is 44.2 Å². The van der Waals surface area contributed by atoms with Gasteiger partial charge in [0, 0.05) is 18.0 Å². The van der Waals surface area contributed by atoms with Crippen LogP contribution in [0.5, 0.6) is 5.88 Å². The van der Waals surface area contributed by atoms with Gasteiger partial charge >= 0.3 is 5.97 Å². The summed E-state index contributed by atoms with van der Waals surface area (Å²) in [7, 11) is -1.82. The van der Waals surface area contributed by atoms with E-state index < -0.39 is 21.8 Å². The summed E-state index contributed by atoms with van der Waals surface area (Å²) in [6.45, 7) is 0. The van der Waals surface area contributed by atoms with Gasteiger partial charge in [-0.25, -0.2) is 22.6 Å². The van der Waals surface area contributed by atoms with Crippen molar-refractivity contribution in [2.24, 2.45) is 0 Å². The lowest BCUT2D eigenvalue weighted by Crippen LogP contribution is -2.16. The second-order valence-electron chi connectivity index (χ2n) is 6.61. The van der Waals surface area contributed by atoms with E-state index in [9.17, 15) is 13.2 Å². The van der Waals surface area contributed by atoms with Crippen molar-refractivity contribution in [1.82, 2.24) is 20.2 Å². The third-order valence-electron chi connectivity index (χ3n) is 4.61. The van der Waals surface area contributed by atoms with E-state index in [1.807, 2.05) is 0 Å². The number of carbonyl (C=O) groups is 1. The van der Waals surface area contributed by atoms with Crippen molar-refractivity contribution in [3.63, 3.8) is 0 Å². The number of esters is 1. The number of pyridine rings is 2. The van der Waals surface area contributed by atoms with Crippen LogP contribution in [-0.4, -0.2) is 48.8 Å². The minimum atomic E-state index is -4.29. The van der Waals surface area contributed by atoms with E-state index in [1.54, 1.807) is 0 Å². The Morgan fingerprint density at radius 1 is 1.18 bits per heavy atom. The number of aromatic amines is 1. The van der Waals surface area contributed by atoms with Crippen LogP contribution in [0.4, 0.5) is 10.1 Å². The Balaban J connectivity index is 1.73. The predicted molar refractivity (Wildman–Crippen MR) is 117 cm³/mol. The molecule has 2 N–H and O–H groups in total. The number of hydrogen-bond acceptors (Lipinski definition) is 8. The highest BCUT2D eigenvalue weighted by Gasteiger charge is 2.24. The number of aromatic nitrogens is 4. The van der Waals surface area contributed by atoms with Crippen molar-refractivity contribution in [2.45, 2.75) is 4.90 Å². The number of nitrogens with one attached hydrogen (secondary N) is 2. The van der Waals surface area contributed by atoms with Crippen molar-refractivity contribution in [1.29, 1.82) is 0 Å². The number of benzene rings is 1.